The normalized spacial score (nSPS) is 16.8. The fourth-order valence-electron chi connectivity index (χ4n) is 2.02. The lowest BCUT2D eigenvalue weighted by Crippen LogP contribution is -2.32. The highest BCUT2D eigenvalue weighted by Crippen LogP contribution is 2.30. The Bertz CT molecular complexity index is 516. The number of nitrogens with zero attached hydrogens (tertiary/aromatic N) is 2. The van der Waals surface area contributed by atoms with Crippen molar-refractivity contribution >= 4 is 0 Å². The van der Waals surface area contributed by atoms with Gasteiger partial charge in [-0.1, -0.05) is 13.8 Å². The van der Waals surface area contributed by atoms with E-state index in [0.29, 0.717) is 30.6 Å². The van der Waals surface area contributed by atoms with Crippen LogP contribution in [-0.4, -0.2) is 17.2 Å². The number of aromatic nitrogens is 1. The number of ether oxygens (including phenoxy) is 2. The molecular formula is C15H20N2O2. The Balaban J connectivity index is 2.31. The van der Waals surface area contributed by atoms with Crippen LogP contribution in [-0.2, 0) is 17.8 Å². The molecule has 0 aliphatic carbocycles. The van der Waals surface area contributed by atoms with Crippen LogP contribution in [0.1, 0.15) is 44.5 Å². The van der Waals surface area contributed by atoms with Crippen molar-refractivity contribution < 1.29 is 9.47 Å². The molecule has 19 heavy (non-hydrogen) atoms. The maximum atomic E-state index is 9.18. The zero-order valence-corrected chi connectivity index (χ0v) is 12.0. The number of nitriles is 1. The second-order valence-corrected chi connectivity index (χ2v) is 5.99. The molecule has 2 heterocycles. The molecule has 0 saturated heterocycles. The van der Waals surface area contributed by atoms with E-state index in [1.807, 2.05) is 19.9 Å². The van der Waals surface area contributed by atoms with Gasteiger partial charge in [0.1, 0.15) is 11.6 Å². The number of rotatable bonds is 3. The average molecular weight is 260 g/mol. The van der Waals surface area contributed by atoms with Gasteiger partial charge in [-0.15, -0.1) is 0 Å². The molecule has 1 aromatic rings. The van der Waals surface area contributed by atoms with Gasteiger partial charge in [-0.25, -0.2) is 4.98 Å². The summed E-state index contributed by atoms with van der Waals surface area (Å²) in [6, 6.07) is 3.99. The van der Waals surface area contributed by atoms with Gasteiger partial charge in [0.15, 0.2) is 0 Å². The minimum absolute atomic E-state index is 0.205. The van der Waals surface area contributed by atoms with E-state index in [2.05, 4.69) is 24.9 Å². The predicted molar refractivity (Wildman–Crippen MR) is 71.9 cm³/mol. The molecule has 4 nitrogen and oxygen atoms in total. The molecule has 102 valence electrons. The Hall–Kier alpha value is -1.60. The van der Waals surface area contributed by atoms with Gasteiger partial charge in [0.25, 0.3) is 0 Å². The van der Waals surface area contributed by atoms with Crippen LogP contribution in [0.15, 0.2) is 6.07 Å². The molecule has 0 unspecified atom stereocenters. The molecular weight excluding hydrogens is 240 g/mol. The van der Waals surface area contributed by atoms with Crippen molar-refractivity contribution in [2.24, 2.45) is 5.92 Å². The van der Waals surface area contributed by atoms with Crippen LogP contribution in [0.25, 0.3) is 0 Å². The molecule has 0 radical (unpaired) electrons. The van der Waals surface area contributed by atoms with Crippen molar-refractivity contribution in [1.29, 1.82) is 5.26 Å². The Morgan fingerprint density at radius 3 is 2.89 bits per heavy atom. The number of hydrogen-bond donors (Lipinski definition) is 0. The first-order chi connectivity index (χ1) is 8.91. The van der Waals surface area contributed by atoms with Crippen LogP contribution < -0.4 is 4.74 Å². The van der Waals surface area contributed by atoms with E-state index >= 15 is 0 Å². The number of pyridine rings is 1. The highest BCUT2D eigenvalue weighted by Gasteiger charge is 2.28. The summed E-state index contributed by atoms with van der Waals surface area (Å²) >= 11 is 0. The molecule has 4 heteroatoms. The second kappa shape index (κ2) is 5.18. The van der Waals surface area contributed by atoms with E-state index in [0.717, 1.165) is 17.7 Å². The second-order valence-electron chi connectivity index (χ2n) is 5.99. The van der Waals surface area contributed by atoms with Crippen molar-refractivity contribution in [3.63, 3.8) is 0 Å². The van der Waals surface area contributed by atoms with Crippen molar-refractivity contribution in [1.82, 2.24) is 4.98 Å². The monoisotopic (exact) mass is 260 g/mol. The van der Waals surface area contributed by atoms with Crippen molar-refractivity contribution in [3.8, 4) is 11.9 Å². The van der Waals surface area contributed by atoms with Gasteiger partial charge in [-0.2, -0.15) is 5.26 Å². The Morgan fingerprint density at radius 1 is 1.53 bits per heavy atom. The van der Waals surface area contributed by atoms with Crippen molar-refractivity contribution in [2.45, 2.75) is 46.3 Å². The van der Waals surface area contributed by atoms with Gasteiger partial charge in [-0.3, -0.25) is 0 Å². The fourth-order valence-corrected chi connectivity index (χ4v) is 2.02. The van der Waals surface area contributed by atoms with Crippen LogP contribution in [0.2, 0.25) is 0 Å². The van der Waals surface area contributed by atoms with Crippen LogP contribution in [0.3, 0.4) is 0 Å². The molecule has 0 saturated carbocycles. The van der Waals surface area contributed by atoms with Gasteiger partial charge in [-0.05, 0) is 25.8 Å². The summed E-state index contributed by atoms with van der Waals surface area (Å²) in [5, 5.41) is 9.18. The highest BCUT2D eigenvalue weighted by molar-refractivity contribution is 5.43. The largest absolute Gasteiger partial charge is 0.476 e. The van der Waals surface area contributed by atoms with E-state index in [-0.39, 0.29) is 5.60 Å². The zero-order chi connectivity index (χ0) is 14.0. The van der Waals surface area contributed by atoms with Crippen LogP contribution >= 0.6 is 0 Å². The summed E-state index contributed by atoms with van der Waals surface area (Å²) in [4.78, 5) is 4.53. The molecule has 0 fully saturated rings. The molecule has 1 aliphatic rings. The minimum Gasteiger partial charge on any atom is -0.476 e. The SMILES string of the molecule is CC(C)COc1nc2c(cc1C#N)COC(C)(C)C2. The van der Waals surface area contributed by atoms with E-state index in [4.69, 9.17) is 9.47 Å². The minimum atomic E-state index is -0.205. The van der Waals surface area contributed by atoms with E-state index in [1.54, 1.807) is 0 Å². The van der Waals surface area contributed by atoms with E-state index in [9.17, 15) is 5.26 Å². The summed E-state index contributed by atoms with van der Waals surface area (Å²) < 4.78 is 11.4. The Kier molecular flexibility index (Phi) is 3.77. The summed E-state index contributed by atoms with van der Waals surface area (Å²) in [5.74, 6) is 0.858. The maximum Gasteiger partial charge on any atom is 0.231 e. The van der Waals surface area contributed by atoms with Gasteiger partial charge >= 0.3 is 0 Å². The van der Waals surface area contributed by atoms with Gasteiger partial charge in [0, 0.05) is 12.0 Å². The van der Waals surface area contributed by atoms with Gasteiger partial charge in [0.2, 0.25) is 5.88 Å². The molecule has 0 bridgehead atoms. The predicted octanol–water partition coefficient (Wildman–Crippen LogP) is 2.84. The van der Waals surface area contributed by atoms with E-state index < -0.39 is 0 Å². The van der Waals surface area contributed by atoms with Crippen LogP contribution in [0.5, 0.6) is 5.88 Å². The molecule has 0 atom stereocenters. The summed E-state index contributed by atoms with van der Waals surface area (Å²) in [5.41, 5.74) is 2.26. The van der Waals surface area contributed by atoms with E-state index in [1.165, 1.54) is 0 Å². The number of hydrogen-bond acceptors (Lipinski definition) is 4. The topological polar surface area (TPSA) is 55.1 Å². The molecule has 2 rings (SSSR count). The fraction of sp³-hybridized carbons (Fsp3) is 0.600. The van der Waals surface area contributed by atoms with Gasteiger partial charge in [0.05, 0.1) is 24.5 Å². The first kappa shape index (κ1) is 13.8. The first-order valence-corrected chi connectivity index (χ1v) is 6.61. The first-order valence-electron chi connectivity index (χ1n) is 6.61. The molecule has 0 N–H and O–H groups in total. The highest BCUT2D eigenvalue weighted by atomic mass is 16.5. The summed E-state index contributed by atoms with van der Waals surface area (Å²) in [7, 11) is 0. The third kappa shape index (κ3) is 3.24. The van der Waals surface area contributed by atoms with Crippen LogP contribution in [0, 0.1) is 17.2 Å². The molecule has 0 amide bonds. The lowest BCUT2D eigenvalue weighted by atomic mass is 9.95. The molecule has 1 aromatic heterocycles. The van der Waals surface area contributed by atoms with Crippen molar-refractivity contribution in [3.05, 3.63) is 22.9 Å². The third-order valence-corrected chi connectivity index (χ3v) is 3.04. The average Bonchev–Trinajstić information content (AvgIpc) is 2.34. The zero-order valence-electron chi connectivity index (χ0n) is 12.0. The van der Waals surface area contributed by atoms with Gasteiger partial charge < -0.3 is 9.47 Å². The lowest BCUT2D eigenvalue weighted by Gasteiger charge is -2.31. The third-order valence-electron chi connectivity index (χ3n) is 3.04. The standard InChI is InChI=1S/C15H20N2O2/c1-10(2)8-18-14-11(7-16)5-12-9-19-15(3,4)6-13(12)17-14/h5,10H,6,8-9H2,1-4H3. The Labute approximate surface area is 114 Å². The summed E-state index contributed by atoms with van der Waals surface area (Å²) in [6.07, 6.45) is 0.742. The molecule has 0 spiro atoms. The maximum absolute atomic E-state index is 9.18. The molecule has 0 aromatic carbocycles. The molecule has 1 aliphatic heterocycles. The number of fused-ring (bicyclic) bond motifs is 1. The smallest absolute Gasteiger partial charge is 0.231 e. The van der Waals surface area contributed by atoms with Crippen molar-refractivity contribution in [2.75, 3.05) is 6.61 Å². The Morgan fingerprint density at radius 2 is 2.26 bits per heavy atom. The lowest BCUT2D eigenvalue weighted by molar-refractivity contribution is -0.0414. The summed E-state index contributed by atoms with van der Waals surface area (Å²) in [6.45, 7) is 9.31. The van der Waals surface area contributed by atoms with Crippen LogP contribution in [0.4, 0.5) is 0 Å². The quantitative estimate of drug-likeness (QED) is 0.838.